The summed E-state index contributed by atoms with van der Waals surface area (Å²) in [7, 11) is 0. The van der Waals surface area contributed by atoms with Crippen LogP contribution in [0.15, 0.2) is 67.8 Å². The van der Waals surface area contributed by atoms with E-state index in [1.807, 2.05) is 19.1 Å². The number of ether oxygens (including phenoxy) is 4. The standard InChI is InChI=1S/C23H20O6/c1-4-13-26-22(24)28-20-16-10-6-7-11-17(16)21(29-23(25)27-14-5-2)19-15(3)9-8-12-18(19)20/h4-12H,1-2,13-14H2,3H3. The first-order valence-corrected chi connectivity index (χ1v) is 8.91. The summed E-state index contributed by atoms with van der Waals surface area (Å²) in [6.45, 7) is 8.96. The van der Waals surface area contributed by atoms with Gasteiger partial charge in [0.05, 0.1) is 0 Å². The van der Waals surface area contributed by atoms with Crippen molar-refractivity contribution in [2.24, 2.45) is 0 Å². The van der Waals surface area contributed by atoms with Crippen LogP contribution in [0.1, 0.15) is 5.56 Å². The van der Waals surface area contributed by atoms with Gasteiger partial charge in [0.25, 0.3) is 0 Å². The van der Waals surface area contributed by atoms with Crippen LogP contribution in [0.25, 0.3) is 21.5 Å². The fourth-order valence-electron chi connectivity index (χ4n) is 3.01. The number of hydrogen-bond donors (Lipinski definition) is 0. The SMILES string of the molecule is C=CCOC(=O)Oc1c2ccccc2c(OC(=O)OCC=C)c2c(C)cccc12. The molecular weight excluding hydrogens is 372 g/mol. The molecule has 0 unspecified atom stereocenters. The molecule has 0 atom stereocenters. The quantitative estimate of drug-likeness (QED) is 0.232. The van der Waals surface area contributed by atoms with E-state index in [-0.39, 0.29) is 13.2 Å². The number of carbonyl (C=O) groups excluding carboxylic acids is 2. The molecule has 148 valence electrons. The number of aryl methyl sites for hydroxylation is 1. The normalized spacial score (nSPS) is 10.4. The van der Waals surface area contributed by atoms with Crippen LogP contribution in [0.2, 0.25) is 0 Å². The largest absolute Gasteiger partial charge is 0.514 e. The minimum absolute atomic E-state index is 0.0318. The van der Waals surface area contributed by atoms with E-state index in [9.17, 15) is 9.59 Å². The second-order valence-corrected chi connectivity index (χ2v) is 6.10. The maximum Gasteiger partial charge on any atom is 0.514 e. The molecule has 0 aliphatic rings. The van der Waals surface area contributed by atoms with Crippen LogP contribution < -0.4 is 9.47 Å². The summed E-state index contributed by atoms with van der Waals surface area (Å²) in [4.78, 5) is 24.3. The molecule has 3 rings (SSSR count). The van der Waals surface area contributed by atoms with Crippen LogP contribution >= 0.6 is 0 Å². The van der Waals surface area contributed by atoms with Crippen LogP contribution in [0.3, 0.4) is 0 Å². The molecule has 0 N–H and O–H groups in total. The Morgan fingerprint density at radius 2 is 1.31 bits per heavy atom. The van der Waals surface area contributed by atoms with Gasteiger partial charge >= 0.3 is 12.3 Å². The fourth-order valence-corrected chi connectivity index (χ4v) is 3.01. The molecule has 0 spiro atoms. The first-order chi connectivity index (χ1) is 14.1. The fraction of sp³-hybridized carbons (Fsp3) is 0.130. The van der Waals surface area contributed by atoms with Crippen molar-refractivity contribution in [2.75, 3.05) is 13.2 Å². The van der Waals surface area contributed by atoms with Crippen molar-refractivity contribution in [2.45, 2.75) is 6.92 Å². The Kier molecular flexibility index (Phi) is 6.14. The van der Waals surface area contributed by atoms with Crippen molar-refractivity contribution in [1.29, 1.82) is 0 Å². The van der Waals surface area contributed by atoms with E-state index in [1.165, 1.54) is 12.2 Å². The summed E-state index contributed by atoms with van der Waals surface area (Å²) >= 11 is 0. The molecule has 6 nitrogen and oxygen atoms in total. The van der Waals surface area contributed by atoms with Gasteiger partial charge in [-0.15, -0.1) is 0 Å². The Balaban J connectivity index is 2.22. The van der Waals surface area contributed by atoms with Gasteiger partial charge in [-0.3, -0.25) is 0 Å². The number of hydrogen-bond acceptors (Lipinski definition) is 6. The average molecular weight is 392 g/mol. The number of rotatable bonds is 6. The Morgan fingerprint density at radius 1 is 0.793 bits per heavy atom. The van der Waals surface area contributed by atoms with Gasteiger partial charge in [0.2, 0.25) is 0 Å². The molecule has 0 fully saturated rings. The van der Waals surface area contributed by atoms with Crippen LogP contribution in [0.4, 0.5) is 9.59 Å². The topological polar surface area (TPSA) is 71.1 Å². The molecule has 3 aromatic rings. The van der Waals surface area contributed by atoms with Gasteiger partial charge in [-0.25, -0.2) is 9.59 Å². The highest BCUT2D eigenvalue weighted by atomic mass is 16.7. The number of carbonyl (C=O) groups is 2. The lowest BCUT2D eigenvalue weighted by molar-refractivity contribution is 0.109. The van der Waals surface area contributed by atoms with E-state index in [0.29, 0.717) is 33.0 Å². The van der Waals surface area contributed by atoms with E-state index in [1.54, 1.807) is 30.3 Å². The Hall–Kier alpha value is -3.80. The van der Waals surface area contributed by atoms with Gasteiger partial charge in [-0.2, -0.15) is 0 Å². The lowest BCUT2D eigenvalue weighted by Crippen LogP contribution is -2.13. The highest BCUT2D eigenvalue weighted by Gasteiger charge is 2.21. The molecule has 0 aliphatic carbocycles. The van der Waals surface area contributed by atoms with Crippen LogP contribution in [0, 0.1) is 6.92 Å². The lowest BCUT2D eigenvalue weighted by Gasteiger charge is -2.17. The smallest absolute Gasteiger partial charge is 0.430 e. The zero-order valence-corrected chi connectivity index (χ0v) is 16.0. The third-order valence-electron chi connectivity index (χ3n) is 4.17. The number of benzene rings is 3. The molecule has 29 heavy (non-hydrogen) atoms. The third-order valence-corrected chi connectivity index (χ3v) is 4.17. The van der Waals surface area contributed by atoms with Crippen LogP contribution in [-0.2, 0) is 9.47 Å². The predicted octanol–water partition coefficient (Wildman–Crippen LogP) is 5.70. The third kappa shape index (κ3) is 4.21. The Bertz CT molecular complexity index is 1100. The highest BCUT2D eigenvalue weighted by molar-refractivity contribution is 6.13. The van der Waals surface area contributed by atoms with E-state index in [4.69, 9.17) is 18.9 Å². The average Bonchev–Trinajstić information content (AvgIpc) is 2.73. The molecule has 0 radical (unpaired) electrons. The van der Waals surface area contributed by atoms with Gasteiger partial charge < -0.3 is 18.9 Å². The van der Waals surface area contributed by atoms with Gasteiger partial charge in [0, 0.05) is 21.5 Å². The second-order valence-electron chi connectivity index (χ2n) is 6.10. The lowest BCUT2D eigenvalue weighted by atomic mass is 9.97. The summed E-state index contributed by atoms with van der Waals surface area (Å²) in [5.41, 5.74) is 0.837. The summed E-state index contributed by atoms with van der Waals surface area (Å²) in [5.74, 6) is 0.648. The van der Waals surface area contributed by atoms with Crippen molar-refractivity contribution >= 4 is 33.9 Å². The molecule has 0 aromatic heterocycles. The van der Waals surface area contributed by atoms with Crippen LogP contribution in [0.5, 0.6) is 11.5 Å². The monoisotopic (exact) mass is 392 g/mol. The summed E-state index contributed by atoms with van der Waals surface area (Å²) in [5, 5.41) is 2.42. The number of fused-ring (bicyclic) bond motifs is 2. The van der Waals surface area contributed by atoms with Gasteiger partial charge in [0.15, 0.2) is 5.75 Å². The molecule has 3 aromatic carbocycles. The highest BCUT2D eigenvalue weighted by Crippen LogP contribution is 2.44. The molecular formula is C23H20O6. The Morgan fingerprint density at radius 3 is 1.90 bits per heavy atom. The van der Waals surface area contributed by atoms with Crippen molar-refractivity contribution in [3.63, 3.8) is 0 Å². The molecule has 0 saturated carbocycles. The first-order valence-electron chi connectivity index (χ1n) is 8.91. The maximum atomic E-state index is 12.1. The van der Waals surface area contributed by atoms with Crippen molar-refractivity contribution in [1.82, 2.24) is 0 Å². The van der Waals surface area contributed by atoms with Gasteiger partial charge in [-0.1, -0.05) is 67.8 Å². The summed E-state index contributed by atoms with van der Waals surface area (Å²) < 4.78 is 21.0. The zero-order valence-electron chi connectivity index (χ0n) is 16.0. The van der Waals surface area contributed by atoms with Gasteiger partial charge in [0.1, 0.15) is 19.0 Å². The molecule has 0 saturated heterocycles. The van der Waals surface area contributed by atoms with E-state index >= 15 is 0 Å². The predicted molar refractivity (Wildman–Crippen MR) is 111 cm³/mol. The minimum atomic E-state index is -0.850. The second kappa shape index (κ2) is 8.93. The summed E-state index contributed by atoms with van der Waals surface area (Å²) in [6, 6.07) is 12.6. The van der Waals surface area contributed by atoms with E-state index in [2.05, 4.69) is 13.2 Å². The Labute approximate surface area is 167 Å². The molecule has 0 bridgehead atoms. The van der Waals surface area contributed by atoms with Crippen molar-refractivity contribution in [3.05, 3.63) is 73.3 Å². The summed E-state index contributed by atoms with van der Waals surface area (Å²) in [6.07, 6.45) is 1.21. The van der Waals surface area contributed by atoms with E-state index < -0.39 is 12.3 Å². The van der Waals surface area contributed by atoms with Crippen molar-refractivity contribution < 1.29 is 28.5 Å². The molecule has 6 heteroatoms. The molecule has 0 amide bonds. The molecule has 0 aliphatic heterocycles. The van der Waals surface area contributed by atoms with Crippen LogP contribution in [-0.4, -0.2) is 25.5 Å². The maximum absolute atomic E-state index is 12.1. The van der Waals surface area contributed by atoms with E-state index in [0.717, 1.165) is 5.56 Å². The molecule has 0 heterocycles. The van der Waals surface area contributed by atoms with Gasteiger partial charge in [-0.05, 0) is 12.5 Å². The zero-order chi connectivity index (χ0) is 20.8. The van der Waals surface area contributed by atoms with Crippen molar-refractivity contribution in [3.8, 4) is 11.5 Å². The minimum Gasteiger partial charge on any atom is -0.430 e. The first kappa shape index (κ1) is 19.9.